The van der Waals surface area contributed by atoms with E-state index in [0.29, 0.717) is 12.6 Å². The van der Waals surface area contributed by atoms with Crippen molar-refractivity contribution < 1.29 is 21.8 Å². The van der Waals surface area contributed by atoms with Gasteiger partial charge in [0.05, 0.1) is 11.4 Å². The minimum atomic E-state index is -0.0147. The van der Waals surface area contributed by atoms with Crippen LogP contribution in [0.3, 0.4) is 0 Å². The Labute approximate surface area is 149 Å². The van der Waals surface area contributed by atoms with Crippen LogP contribution in [0.25, 0.3) is 0 Å². The first-order chi connectivity index (χ1) is 11.3. The second-order valence-corrected chi connectivity index (χ2v) is 6.12. The summed E-state index contributed by atoms with van der Waals surface area (Å²) in [5.74, 6) is -0.0147. The number of pyridine rings is 1. The number of amides is 1. The van der Waals surface area contributed by atoms with Gasteiger partial charge in [-0.05, 0) is 25.0 Å². The van der Waals surface area contributed by atoms with Crippen molar-refractivity contribution >= 4 is 17.3 Å². The number of nitrogens with one attached hydrogen (secondary N) is 2. The van der Waals surface area contributed by atoms with Crippen LogP contribution >= 0.6 is 0 Å². The highest BCUT2D eigenvalue weighted by molar-refractivity contribution is 5.93. The molecule has 0 radical (unpaired) electrons. The smallest absolute Gasteiger partial charge is 0.290 e. The van der Waals surface area contributed by atoms with E-state index in [1.54, 1.807) is 0 Å². The highest BCUT2D eigenvalue weighted by atomic mass is 35.5. The first kappa shape index (κ1) is 18.3. The number of rotatable bonds is 5. The van der Waals surface area contributed by atoms with E-state index in [4.69, 9.17) is 0 Å². The summed E-state index contributed by atoms with van der Waals surface area (Å²) < 4.78 is 1.87. The molecule has 2 aromatic rings. The fourth-order valence-electron chi connectivity index (χ4n) is 3.08. The Morgan fingerprint density at radius 2 is 1.62 bits per heavy atom. The Hall–Kier alpha value is -2.07. The van der Waals surface area contributed by atoms with Crippen molar-refractivity contribution in [2.75, 3.05) is 10.6 Å². The monoisotopic (exact) mass is 345 g/mol. The molecule has 0 bridgehead atoms. The number of aromatic nitrogens is 1. The second kappa shape index (κ2) is 9.28. The molecule has 1 amide bonds. The van der Waals surface area contributed by atoms with Crippen LogP contribution in [-0.2, 0) is 11.3 Å². The quantitative estimate of drug-likeness (QED) is 0.769. The zero-order chi connectivity index (χ0) is 15.9. The Bertz CT molecular complexity index is 642. The van der Waals surface area contributed by atoms with Gasteiger partial charge in [-0.1, -0.05) is 37.5 Å². The normalized spacial score (nSPS) is 14.5. The van der Waals surface area contributed by atoms with E-state index >= 15 is 0 Å². The van der Waals surface area contributed by atoms with E-state index in [1.165, 1.54) is 32.1 Å². The Morgan fingerprint density at radius 3 is 2.33 bits per heavy atom. The van der Waals surface area contributed by atoms with Crippen LogP contribution in [0, 0.1) is 0 Å². The van der Waals surface area contributed by atoms with E-state index in [0.717, 1.165) is 11.4 Å². The maximum Gasteiger partial charge on any atom is 0.290 e. The molecule has 4 nitrogen and oxygen atoms in total. The van der Waals surface area contributed by atoms with Crippen molar-refractivity contribution in [1.82, 2.24) is 0 Å². The van der Waals surface area contributed by atoms with Crippen molar-refractivity contribution in [3.63, 3.8) is 0 Å². The molecule has 1 heterocycles. The molecule has 128 valence electrons. The topological polar surface area (TPSA) is 45.0 Å². The molecule has 5 heteroatoms. The largest absolute Gasteiger partial charge is 1.00 e. The molecule has 0 unspecified atom stereocenters. The predicted octanol–water partition coefficient (Wildman–Crippen LogP) is 0.361. The van der Waals surface area contributed by atoms with Gasteiger partial charge in [0, 0.05) is 18.2 Å². The lowest BCUT2D eigenvalue weighted by Crippen LogP contribution is -3.00. The fourth-order valence-corrected chi connectivity index (χ4v) is 3.08. The number of carbonyl (C=O) groups is 1. The molecular formula is C19H24ClN3O. The average Bonchev–Trinajstić information content (AvgIpc) is 2.58. The van der Waals surface area contributed by atoms with Crippen molar-refractivity contribution in [2.45, 2.75) is 44.7 Å². The summed E-state index contributed by atoms with van der Waals surface area (Å²) in [5, 5.41) is 6.62. The maximum absolute atomic E-state index is 12.3. The molecule has 3 rings (SSSR count). The molecule has 24 heavy (non-hydrogen) atoms. The van der Waals surface area contributed by atoms with Gasteiger partial charge in [-0.15, -0.1) is 0 Å². The number of anilines is 2. The molecule has 1 saturated carbocycles. The lowest BCUT2D eigenvalue weighted by atomic mass is 9.95. The Morgan fingerprint density at radius 1 is 0.958 bits per heavy atom. The number of nitrogens with zero attached hydrogens (tertiary/aromatic N) is 1. The first-order valence-electron chi connectivity index (χ1n) is 8.41. The Balaban J connectivity index is 0.00000208. The summed E-state index contributed by atoms with van der Waals surface area (Å²) in [7, 11) is 0. The van der Waals surface area contributed by atoms with Crippen LogP contribution in [0.4, 0.5) is 11.4 Å². The van der Waals surface area contributed by atoms with E-state index in [9.17, 15) is 4.79 Å². The van der Waals surface area contributed by atoms with Crippen LogP contribution < -0.4 is 27.6 Å². The summed E-state index contributed by atoms with van der Waals surface area (Å²) in [6, 6.07) is 14.3. The number of benzene rings is 1. The molecule has 0 aliphatic heterocycles. The SMILES string of the molecule is O=C(C[n+]1ccccc1)Nc1ccccc1NC1CCCCC1.[Cl-]. The summed E-state index contributed by atoms with van der Waals surface area (Å²) in [5.41, 5.74) is 1.88. The van der Waals surface area contributed by atoms with Crippen molar-refractivity contribution in [1.29, 1.82) is 0 Å². The molecule has 0 atom stereocenters. The van der Waals surface area contributed by atoms with Crippen molar-refractivity contribution in [3.8, 4) is 0 Å². The molecule has 1 aliphatic carbocycles. The number of halogens is 1. The highest BCUT2D eigenvalue weighted by Crippen LogP contribution is 2.26. The zero-order valence-corrected chi connectivity index (χ0v) is 14.5. The minimum Gasteiger partial charge on any atom is -1.00 e. The van der Waals surface area contributed by atoms with Gasteiger partial charge in [0.15, 0.2) is 12.4 Å². The third kappa shape index (κ3) is 5.24. The van der Waals surface area contributed by atoms with Crippen LogP contribution in [0.2, 0.25) is 0 Å². The van der Waals surface area contributed by atoms with Crippen LogP contribution in [0.1, 0.15) is 32.1 Å². The highest BCUT2D eigenvalue weighted by Gasteiger charge is 2.16. The molecule has 1 aromatic heterocycles. The fraction of sp³-hybridized carbons (Fsp3) is 0.368. The van der Waals surface area contributed by atoms with Crippen LogP contribution in [0.15, 0.2) is 54.9 Å². The lowest BCUT2D eigenvalue weighted by Gasteiger charge is -2.25. The maximum atomic E-state index is 12.3. The van der Waals surface area contributed by atoms with Gasteiger partial charge < -0.3 is 23.0 Å². The molecule has 2 N–H and O–H groups in total. The molecule has 0 spiro atoms. The summed E-state index contributed by atoms with van der Waals surface area (Å²) in [6.07, 6.45) is 10.1. The summed E-state index contributed by atoms with van der Waals surface area (Å²) in [4.78, 5) is 12.3. The third-order valence-electron chi connectivity index (χ3n) is 4.27. The van der Waals surface area contributed by atoms with Gasteiger partial charge in [0.1, 0.15) is 0 Å². The standard InChI is InChI=1S/C19H23N3O.ClH/c23-19(15-22-13-7-2-8-14-22)21-18-12-6-5-11-17(18)20-16-9-3-1-4-10-16;/h2,5-8,11-14,16,20H,1,3-4,9-10,15H2;1H. The molecule has 1 aromatic carbocycles. The second-order valence-electron chi connectivity index (χ2n) is 6.12. The molecular weight excluding hydrogens is 322 g/mol. The summed E-state index contributed by atoms with van der Waals surface area (Å²) in [6.45, 7) is 0.318. The van der Waals surface area contributed by atoms with Crippen molar-refractivity contribution in [2.24, 2.45) is 0 Å². The molecule has 1 aliphatic rings. The van der Waals surface area contributed by atoms with Crippen LogP contribution in [-0.4, -0.2) is 11.9 Å². The molecule has 1 fully saturated rings. The number of hydrogen-bond donors (Lipinski definition) is 2. The van der Waals surface area contributed by atoms with Crippen LogP contribution in [0.5, 0.6) is 0 Å². The lowest BCUT2D eigenvalue weighted by molar-refractivity contribution is -0.684. The first-order valence-corrected chi connectivity index (χ1v) is 8.41. The number of carbonyl (C=O) groups excluding carboxylic acids is 1. The van der Waals surface area contributed by atoms with Crippen molar-refractivity contribution in [3.05, 3.63) is 54.9 Å². The average molecular weight is 346 g/mol. The molecule has 0 saturated heterocycles. The van der Waals surface area contributed by atoms with E-state index in [2.05, 4.69) is 10.6 Å². The third-order valence-corrected chi connectivity index (χ3v) is 4.27. The van der Waals surface area contributed by atoms with Gasteiger partial charge in [0.2, 0.25) is 6.54 Å². The van der Waals surface area contributed by atoms with E-state index < -0.39 is 0 Å². The number of para-hydroxylation sites is 2. The van der Waals surface area contributed by atoms with Gasteiger partial charge in [-0.3, -0.25) is 4.79 Å². The van der Waals surface area contributed by atoms with E-state index in [-0.39, 0.29) is 18.3 Å². The minimum absolute atomic E-state index is 0. The van der Waals surface area contributed by atoms with Gasteiger partial charge >= 0.3 is 0 Å². The summed E-state index contributed by atoms with van der Waals surface area (Å²) >= 11 is 0. The van der Waals surface area contributed by atoms with Gasteiger partial charge in [-0.2, -0.15) is 4.57 Å². The zero-order valence-electron chi connectivity index (χ0n) is 13.7. The van der Waals surface area contributed by atoms with E-state index in [1.807, 2.05) is 59.4 Å². The number of hydrogen-bond acceptors (Lipinski definition) is 2. The van der Waals surface area contributed by atoms with Gasteiger partial charge in [0.25, 0.3) is 5.91 Å². The van der Waals surface area contributed by atoms with Gasteiger partial charge in [-0.25, -0.2) is 0 Å². The predicted molar refractivity (Wildman–Crippen MR) is 92.2 cm³/mol. The Kier molecular flexibility index (Phi) is 7.07.